The quantitative estimate of drug-likeness (QED) is 0.225. The van der Waals surface area contributed by atoms with Gasteiger partial charge >= 0.3 is 33.4 Å². The highest BCUT2D eigenvalue weighted by molar-refractivity contribution is 8.33. The molecule has 0 saturated carbocycles. The smallest absolute Gasteiger partial charge is 0.202 e. The van der Waals surface area contributed by atoms with Crippen molar-refractivity contribution in [2.45, 2.75) is 38.0 Å². The summed E-state index contributed by atoms with van der Waals surface area (Å²) in [5, 5.41) is -8.33. The van der Waals surface area contributed by atoms with Crippen LogP contribution in [-0.2, 0) is 13.7 Å². The summed E-state index contributed by atoms with van der Waals surface area (Å²) in [4.78, 5) is -1.28. The number of rotatable bonds is 8. The van der Waals surface area contributed by atoms with E-state index in [4.69, 9.17) is 38.4 Å². The van der Waals surface area contributed by atoms with E-state index in [1.807, 2.05) is 0 Å². The second kappa shape index (κ2) is 10.5. The molecule has 3 aromatic carbocycles. The SMILES string of the molecule is O=S(=O)(OS(c1ccccc1)(c1ccccc1)c1c(Cl)cc(Cl)cc1Cl)C(F)(F)C(F)(F)C(F)(F)C(F)(F)F. The van der Waals surface area contributed by atoms with Gasteiger partial charge in [0.25, 0.3) is 0 Å². The van der Waals surface area contributed by atoms with E-state index in [-0.39, 0.29) is 14.8 Å². The highest BCUT2D eigenvalue weighted by Gasteiger charge is 2.86. The van der Waals surface area contributed by atoms with Gasteiger partial charge in [0, 0.05) is 14.8 Å². The van der Waals surface area contributed by atoms with E-state index in [0.29, 0.717) is 0 Å². The van der Waals surface area contributed by atoms with Gasteiger partial charge in [-0.25, -0.2) is 3.63 Å². The Balaban J connectivity index is 2.44. The third-order valence-electron chi connectivity index (χ3n) is 5.02. The maximum absolute atomic E-state index is 14.8. The van der Waals surface area contributed by atoms with Crippen molar-refractivity contribution < 1.29 is 51.6 Å². The summed E-state index contributed by atoms with van der Waals surface area (Å²) in [6.45, 7) is 0. The summed E-state index contributed by atoms with van der Waals surface area (Å²) in [5.41, 5.74) is 0. The lowest BCUT2D eigenvalue weighted by Crippen LogP contribution is -2.63. The van der Waals surface area contributed by atoms with Crippen LogP contribution in [0.5, 0.6) is 0 Å². The second-order valence-corrected chi connectivity index (χ2v) is 13.2. The van der Waals surface area contributed by atoms with Crippen molar-refractivity contribution in [3.05, 3.63) is 87.9 Å². The fourth-order valence-corrected chi connectivity index (χ4v) is 9.93. The maximum Gasteiger partial charge on any atom is 0.460 e. The third kappa shape index (κ3) is 5.19. The molecule has 0 bridgehead atoms. The Morgan fingerprint density at radius 1 is 0.615 bits per heavy atom. The van der Waals surface area contributed by atoms with Gasteiger partial charge in [-0.05, 0) is 46.7 Å². The molecule has 0 radical (unpaired) electrons. The first-order valence-corrected chi connectivity index (χ1v) is 14.1. The van der Waals surface area contributed by atoms with E-state index in [1.54, 1.807) is 0 Å². The average molecular weight is 666 g/mol. The van der Waals surface area contributed by atoms with Crippen LogP contribution >= 0.6 is 45.1 Å². The van der Waals surface area contributed by atoms with E-state index in [0.717, 1.165) is 36.4 Å². The van der Waals surface area contributed by atoms with Crippen molar-refractivity contribution in [1.82, 2.24) is 0 Å². The fourth-order valence-electron chi connectivity index (χ4n) is 3.21. The highest BCUT2D eigenvalue weighted by atomic mass is 35.5. The van der Waals surface area contributed by atoms with Crippen molar-refractivity contribution in [1.29, 1.82) is 0 Å². The van der Waals surface area contributed by atoms with Gasteiger partial charge in [-0.1, -0.05) is 71.2 Å². The van der Waals surface area contributed by atoms with Crippen LogP contribution in [0.3, 0.4) is 0 Å². The van der Waals surface area contributed by atoms with Crippen LogP contribution in [0.2, 0.25) is 15.1 Å². The largest absolute Gasteiger partial charge is 0.460 e. The van der Waals surface area contributed by atoms with E-state index in [2.05, 4.69) is 0 Å². The zero-order chi connectivity index (χ0) is 29.7. The Labute approximate surface area is 232 Å². The standard InChI is InChI=1S/C22H12Cl3F9O3S2/c23-13-11-16(24)18(17(25)12-13)38(14-7-3-1-4-8-14,15-9-5-2-6-10-15)37-39(35,36)22(33,34)20(28,29)19(26,27)21(30,31)32/h1-12H. The monoisotopic (exact) mass is 664 g/mol. The first-order chi connectivity index (χ1) is 17.7. The van der Waals surface area contributed by atoms with Gasteiger partial charge in [-0.2, -0.15) is 47.9 Å². The van der Waals surface area contributed by atoms with Crippen LogP contribution in [0.1, 0.15) is 0 Å². The maximum atomic E-state index is 14.8. The number of hydrogen-bond donors (Lipinski definition) is 0. The van der Waals surface area contributed by atoms with Gasteiger partial charge in [0.05, 0.1) is 14.9 Å². The molecule has 0 aliphatic carbocycles. The van der Waals surface area contributed by atoms with Crippen molar-refractivity contribution in [3.63, 3.8) is 0 Å². The van der Waals surface area contributed by atoms with Crippen LogP contribution < -0.4 is 0 Å². The van der Waals surface area contributed by atoms with Crippen LogP contribution in [0.25, 0.3) is 0 Å². The third-order valence-corrected chi connectivity index (χ3v) is 11.4. The Morgan fingerprint density at radius 2 is 1.00 bits per heavy atom. The topological polar surface area (TPSA) is 43.4 Å². The molecule has 3 nitrogen and oxygen atoms in total. The van der Waals surface area contributed by atoms with Crippen LogP contribution in [0.15, 0.2) is 87.5 Å². The lowest BCUT2D eigenvalue weighted by molar-refractivity contribution is -0.382. The fraction of sp³-hybridized carbons (Fsp3) is 0.182. The Morgan fingerprint density at radius 3 is 1.36 bits per heavy atom. The second-order valence-electron chi connectivity index (χ2n) is 7.57. The first-order valence-electron chi connectivity index (χ1n) is 9.98. The van der Waals surface area contributed by atoms with Gasteiger partial charge in [-0.3, -0.25) is 0 Å². The molecular weight excluding hydrogens is 654 g/mol. The molecule has 3 aromatic rings. The molecule has 0 unspecified atom stereocenters. The minimum Gasteiger partial charge on any atom is -0.202 e. The summed E-state index contributed by atoms with van der Waals surface area (Å²) < 4.78 is 154. The van der Waals surface area contributed by atoms with E-state index in [9.17, 15) is 47.9 Å². The molecular formula is C22H12Cl3F9O3S2. The summed E-state index contributed by atoms with van der Waals surface area (Å²) >= 11 is 18.4. The highest BCUT2D eigenvalue weighted by Crippen LogP contribution is 2.74. The molecule has 0 atom stereocenters. The molecule has 0 aliphatic heterocycles. The average Bonchev–Trinajstić information content (AvgIpc) is 2.82. The predicted molar refractivity (Wildman–Crippen MR) is 128 cm³/mol. The van der Waals surface area contributed by atoms with Crippen LogP contribution in [0.4, 0.5) is 39.5 Å². The molecule has 0 N–H and O–H groups in total. The molecule has 214 valence electrons. The molecule has 0 saturated heterocycles. The van der Waals surface area contributed by atoms with Gasteiger partial charge in [0.2, 0.25) is 0 Å². The van der Waals surface area contributed by atoms with E-state index in [1.165, 1.54) is 36.4 Å². The summed E-state index contributed by atoms with van der Waals surface area (Å²) in [5.74, 6) is -15.0. The molecule has 0 amide bonds. The Hall–Kier alpha value is -1.84. The van der Waals surface area contributed by atoms with Crippen molar-refractivity contribution in [2.75, 3.05) is 0 Å². The zero-order valence-electron chi connectivity index (χ0n) is 18.5. The number of benzene rings is 3. The van der Waals surface area contributed by atoms with Crippen molar-refractivity contribution in [2.24, 2.45) is 0 Å². The molecule has 0 fully saturated rings. The van der Waals surface area contributed by atoms with E-state index >= 15 is 0 Å². The molecule has 0 spiro atoms. The Bertz CT molecular complexity index is 1390. The normalized spacial score (nSPS) is 14.4. The lowest BCUT2D eigenvalue weighted by atomic mass is 10.1. The minimum atomic E-state index is -7.52. The molecule has 0 heterocycles. The Kier molecular flexibility index (Phi) is 8.55. The van der Waals surface area contributed by atoms with Gasteiger partial charge in [0.15, 0.2) is 0 Å². The number of halogens is 12. The predicted octanol–water partition coefficient (Wildman–Crippen LogP) is 9.62. The molecule has 17 heteroatoms. The summed E-state index contributed by atoms with van der Waals surface area (Å²) in [6, 6.07) is 14.1. The summed E-state index contributed by atoms with van der Waals surface area (Å²) in [7, 11) is -11.7. The first kappa shape index (κ1) is 31.7. The van der Waals surface area contributed by atoms with Gasteiger partial charge in [0.1, 0.15) is 0 Å². The van der Waals surface area contributed by atoms with Crippen LogP contribution in [-0.4, -0.2) is 31.7 Å². The van der Waals surface area contributed by atoms with Crippen molar-refractivity contribution in [3.8, 4) is 0 Å². The lowest BCUT2D eigenvalue weighted by Gasteiger charge is -2.42. The molecule has 0 aliphatic rings. The zero-order valence-corrected chi connectivity index (χ0v) is 22.4. The van der Waals surface area contributed by atoms with E-state index < -0.39 is 58.6 Å². The number of alkyl halides is 9. The van der Waals surface area contributed by atoms with Crippen molar-refractivity contribution >= 4 is 55.2 Å². The number of hydrogen-bond acceptors (Lipinski definition) is 3. The molecule has 39 heavy (non-hydrogen) atoms. The minimum absolute atomic E-state index is 0.146. The molecule has 3 rings (SSSR count). The van der Waals surface area contributed by atoms with Gasteiger partial charge in [-0.15, -0.1) is 0 Å². The van der Waals surface area contributed by atoms with Crippen LogP contribution in [0, 0.1) is 0 Å². The summed E-state index contributed by atoms with van der Waals surface area (Å²) in [6.07, 6.45) is -7.26. The van der Waals surface area contributed by atoms with Gasteiger partial charge < -0.3 is 0 Å². The molecule has 0 aromatic heterocycles.